The van der Waals surface area contributed by atoms with Gasteiger partial charge in [0.2, 0.25) is 0 Å². The van der Waals surface area contributed by atoms with E-state index in [1.807, 2.05) is 0 Å². The number of halogens is 7. The molecule has 2 aliphatic heterocycles. The van der Waals surface area contributed by atoms with Gasteiger partial charge in [-0.3, -0.25) is 24.2 Å². The van der Waals surface area contributed by atoms with Gasteiger partial charge >= 0.3 is 13.2 Å². The molecule has 0 fully saturated rings. The standard InChI is InChI=1S/C22H18F3N5O2.C18H15BrF3N3O2.CH2O2/c1-12-7-14(4-6-18(12)32-20(24)25)22(19(31)30(2)21(26)29-22)15-3-5-17(23)16(8-15)13-9-27-11-28-10-13;1-9-7-10(4-6-14(9)27-16(21)22)18(15(26)25(2)17(23)24-18)11-3-5-13(20)12(19)8-11;2-1-3/h3-11,20H,1-2H3,(H2,26,29);3-8,16H,1-2H3,(H2,23,24);1H,(H,2,3). The fourth-order valence-electron chi connectivity index (χ4n) is 6.70. The Labute approximate surface area is 357 Å². The molecule has 0 saturated carbocycles. The van der Waals surface area contributed by atoms with Gasteiger partial charge in [0.05, 0.1) is 4.47 Å². The summed E-state index contributed by atoms with van der Waals surface area (Å²) >= 11 is 3.11. The Hall–Kier alpha value is -7.03. The zero-order chi connectivity index (χ0) is 45.7. The van der Waals surface area contributed by atoms with E-state index in [4.69, 9.17) is 21.4 Å². The predicted molar refractivity (Wildman–Crippen MR) is 216 cm³/mol. The maximum absolute atomic E-state index is 14.7. The minimum absolute atomic E-state index is 0.00833. The van der Waals surface area contributed by atoms with Crippen molar-refractivity contribution in [2.75, 3.05) is 14.1 Å². The minimum atomic E-state index is -2.99. The summed E-state index contributed by atoms with van der Waals surface area (Å²) in [5.74, 6) is -2.04. The van der Waals surface area contributed by atoms with Gasteiger partial charge in [-0.05, 0) is 112 Å². The molecule has 0 bridgehead atoms. The van der Waals surface area contributed by atoms with Gasteiger partial charge in [0.1, 0.15) is 29.5 Å². The van der Waals surface area contributed by atoms with E-state index in [9.17, 15) is 35.9 Å². The lowest BCUT2D eigenvalue weighted by atomic mass is 9.81. The number of carboxylic acid groups (broad SMARTS) is 1. The molecule has 3 heterocycles. The predicted octanol–water partition coefficient (Wildman–Crippen LogP) is 6.45. The molecule has 7 rings (SSSR count). The number of guanidine groups is 2. The summed E-state index contributed by atoms with van der Waals surface area (Å²) in [7, 11) is 2.95. The topological polar surface area (TPSA) is 199 Å². The van der Waals surface area contributed by atoms with Crippen molar-refractivity contribution in [2.24, 2.45) is 21.5 Å². The van der Waals surface area contributed by atoms with Crippen molar-refractivity contribution in [2.45, 2.75) is 38.1 Å². The first-order valence-electron chi connectivity index (χ1n) is 17.8. The van der Waals surface area contributed by atoms with Crippen molar-refractivity contribution >= 4 is 46.1 Å². The summed E-state index contributed by atoms with van der Waals surface area (Å²) < 4.78 is 87.9. The zero-order valence-corrected chi connectivity index (χ0v) is 34.5. The average molecular weight is 930 g/mol. The number of benzene rings is 4. The molecule has 14 nitrogen and oxygen atoms in total. The molecule has 2 amide bonds. The van der Waals surface area contributed by atoms with Crippen LogP contribution in [0.2, 0.25) is 0 Å². The maximum atomic E-state index is 14.7. The fraction of sp³-hybridized carbons (Fsp3) is 0.195. The number of hydrogen-bond acceptors (Lipinski definition) is 11. The number of amides is 2. The number of aryl methyl sites for hydroxylation is 2. The van der Waals surface area contributed by atoms with Gasteiger partial charge in [0, 0.05) is 37.6 Å². The molecule has 1 aromatic heterocycles. The smallest absolute Gasteiger partial charge is 0.387 e. The van der Waals surface area contributed by atoms with Crippen molar-refractivity contribution in [3.05, 3.63) is 141 Å². The highest BCUT2D eigenvalue weighted by Gasteiger charge is 2.51. The van der Waals surface area contributed by atoms with E-state index in [2.05, 4.69) is 45.4 Å². The third-order valence-electron chi connectivity index (χ3n) is 9.69. The lowest BCUT2D eigenvalue weighted by Gasteiger charge is -2.27. The van der Waals surface area contributed by atoms with Gasteiger partial charge in [-0.25, -0.2) is 28.7 Å². The molecule has 5 N–H and O–H groups in total. The maximum Gasteiger partial charge on any atom is 0.387 e. The summed E-state index contributed by atoms with van der Waals surface area (Å²) in [6.45, 7) is -3.06. The second-order valence-electron chi connectivity index (χ2n) is 13.4. The average Bonchev–Trinajstić information content (AvgIpc) is 3.61. The number of nitrogens with zero attached hydrogens (tertiary/aromatic N) is 6. The van der Waals surface area contributed by atoms with E-state index < -0.39 is 47.7 Å². The molecule has 21 heteroatoms. The van der Waals surface area contributed by atoms with E-state index in [0.29, 0.717) is 38.9 Å². The third kappa shape index (κ3) is 8.87. The van der Waals surface area contributed by atoms with Crippen LogP contribution in [0, 0.1) is 25.5 Å². The molecular formula is C41H35BrF6N8O6. The largest absolute Gasteiger partial charge is 0.483 e. The number of aromatic nitrogens is 2. The SMILES string of the molecule is Cc1cc(C2(c3ccc(F)c(-c4cncnc4)c3)N=C(N)N(C)C2=O)ccc1OC(F)F.Cc1cc(C2(c3ccc(F)c(Br)c3)N=C(N)N(C)C2=O)ccc1OC(F)F.O=CO. The second kappa shape index (κ2) is 18.7. The minimum Gasteiger partial charge on any atom is -0.483 e. The number of rotatable bonds is 9. The van der Waals surface area contributed by atoms with Crippen LogP contribution in [-0.2, 0) is 25.5 Å². The number of carbonyl (C=O) groups excluding carboxylic acids is 2. The molecule has 324 valence electrons. The Morgan fingerprint density at radius 1 is 0.694 bits per heavy atom. The molecule has 0 radical (unpaired) electrons. The van der Waals surface area contributed by atoms with Crippen LogP contribution in [0.4, 0.5) is 26.3 Å². The van der Waals surface area contributed by atoms with Gasteiger partial charge in [0.25, 0.3) is 18.3 Å². The zero-order valence-electron chi connectivity index (χ0n) is 32.9. The summed E-state index contributed by atoms with van der Waals surface area (Å²) in [4.78, 5) is 53.9. The molecule has 4 aromatic carbocycles. The first kappa shape index (κ1) is 46.0. The number of carbonyl (C=O) groups is 3. The van der Waals surface area contributed by atoms with E-state index in [1.165, 1.54) is 115 Å². The van der Waals surface area contributed by atoms with E-state index in [0.717, 1.165) is 0 Å². The third-order valence-corrected chi connectivity index (χ3v) is 10.3. The second-order valence-corrected chi connectivity index (χ2v) is 14.2. The Morgan fingerprint density at radius 2 is 1.08 bits per heavy atom. The van der Waals surface area contributed by atoms with E-state index in [-0.39, 0.29) is 39.9 Å². The highest BCUT2D eigenvalue weighted by molar-refractivity contribution is 9.10. The number of ether oxygens (including phenoxy) is 2. The molecule has 5 aromatic rings. The van der Waals surface area contributed by atoms with Crippen LogP contribution in [-0.4, -0.2) is 82.4 Å². The van der Waals surface area contributed by atoms with Gasteiger partial charge in [-0.1, -0.05) is 24.3 Å². The molecular weight excluding hydrogens is 894 g/mol. The van der Waals surface area contributed by atoms with Crippen LogP contribution in [0.5, 0.6) is 11.5 Å². The van der Waals surface area contributed by atoms with Crippen LogP contribution in [0.15, 0.2) is 106 Å². The number of aliphatic imine (C=N–C) groups is 2. The van der Waals surface area contributed by atoms with Crippen LogP contribution in [0.1, 0.15) is 33.4 Å². The fourth-order valence-corrected chi connectivity index (χ4v) is 7.08. The Bertz CT molecular complexity index is 2570. The molecule has 0 spiro atoms. The Balaban J connectivity index is 0.000000223. The highest BCUT2D eigenvalue weighted by atomic mass is 79.9. The van der Waals surface area contributed by atoms with Gasteiger partial charge in [-0.15, -0.1) is 0 Å². The normalized spacial score (nSPS) is 18.1. The Morgan fingerprint density at radius 3 is 1.45 bits per heavy atom. The van der Waals surface area contributed by atoms with Crippen molar-refractivity contribution in [3.8, 4) is 22.6 Å². The van der Waals surface area contributed by atoms with Gasteiger partial charge in [0.15, 0.2) is 23.0 Å². The van der Waals surface area contributed by atoms with Crippen LogP contribution in [0.3, 0.4) is 0 Å². The monoisotopic (exact) mass is 928 g/mol. The van der Waals surface area contributed by atoms with E-state index >= 15 is 0 Å². The lowest BCUT2D eigenvalue weighted by Crippen LogP contribution is -2.41. The first-order valence-corrected chi connectivity index (χ1v) is 18.6. The molecule has 2 aliphatic rings. The first-order chi connectivity index (χ1) is 29.3. The molecule has 0 saturated heterocycles. The van der Waals surface area contributed by atoms with Crippen LogP contribution in [0.25, 0.3) is 11.1 Å². The van der Waals surface area contributed by atoms with Crippen molar-refractivity contribution < 1.29 is 55.3 Å². The molecule has 2 unspecified atom stereocenters. The lowest BCUT2D eigenvalue weighted by molar-refractivity contribution is -0.130. The summed E-state index contributed by atoms with van der Waals surface area (Å²) in [5, 5.41) is 6.89. The molecule has 0 aliphatic carbocycles. The number of alkyl halides is 4. The number of likely N-dealkylation sites (N-methyl/N-ethyl adjacent to an activating group) is 2. The number of hydrogen-bond donors (Lipinski definition) is 3. The van der Waals surface area contributed by atoms with Gasteiger partial charge < -0.3 is 26.0 Å². The highest BCUT2D eigenvalue weighted by Crippen LogP contribution is 2.44. The Kier molecular flexibility index (Phi) is 13.9. The van der Waals surface area contributed by atoms with Gasteiger partial charge in [-0.2, -0.15) is 17.6 Å². The quantitative estimate of drug-likeness (QED) is 0.109. The van der Waals surface area contributed by atoms with Crippen LogP contribution < -0.4 is 20.9 Å². The summed E-state index contributed by atoms with van der Waals surface area (Å²) in [6, 6.07) is 16.9. The van der Waals surface area contributed by atoms with E-state index in [1.54, 1.807) is 13.8 Å². The summed E-state index contributed by atoms with van der Waals surface area (Å²) in [6.07, 6.45) is 4.21. The number of nitrogens with two attached hydrogens (primary N) is 2. The van der Waals surface area contributed by atoms with Crippen molar-refractivity contribution in [1.82, 2.24) is 19.8 Å². The van der Waals surface area contributed by atoms with Crippen molar-refractivity contribution in [3.63, 3.8) is 0 Å². The van der Waals surface area contributed by atoms with Crippen molar-refractivity contribution in [1.29, 1.82) is 0 Å². The molecule has 62 heavy (non-hydrogen) atoms. The molecule has 2 atom stereocenters. The van der Waals surface area contributed by atoms with Crippen LogP contribution >= 0.6 is 15.9 Å². The summed E-state index contributed by atoms with van der Waals surface area (Å²) in [5.41, 5.74) is 11.5.